The van der Waals surface area contributed by atoms with Crippen LogP contribution < -0.4 is 5.32 Å². The lowest BCUT2D eigenvalue weighted by Crippen LogP contribution is -2.57. The largest absolute Gasteiger partial charge is 0.508 e. The number of hydrogen-bond donors (Lipinski definition) is 2. The number of likely N-dealkylation sites (tertiary alicyclic amines) is 1. The minimum atomic E-state index is -0.123. The van der Waals surface area contributed by atoms with Crippen molar-refractivity contribution >= 4 is 11.9 Å². The SMILES string of the molecule is C=CCN1C[C@H](C)N([C@@H](c2cccc(O)c2)c2cccc(C(=O)N3CCC(NCCCCC(=O)OCC)CC3)c2)C[C@H]1C. The third kappa shape index (κ3) is 8.91. The van der Waals surface area contributed by atoms with Crippen molar-refractivity contribution in [3.8, 4) is 5.75 Å². The Balaban J connectivity index is 1.41. The Labute approximate surface area is 257 Å². The van der Waals surface area contributed by atoms with E-state index in [1.165, 1.54) is 0 Å². The van der Waals surface area contributed by atoms with Crippen LogP contribution in [-0.4, -0.2) is 95.7 Å². The first kappa shape index (κ1) is 32.7. The number of piperidine rings is 1. The summed E-state index contributed by atoms with van der Waals surface area (Å²) in [5.41, 5.74) is 2.79. The lowest BCUT2D eigenvalue weighted by molar-refractivity contribution is -0.143. The van der Waals surface area contributed by atoms with Gasteiger partial charge in [0.1, 0.15) is 5.75 Å². The van der Waals surface area contributed by atoms with Crippen molar-refractivity contribution in [1.29, 1.82) is 0 Å². The highest BCUT2D eigenvalue weighted by Crippen LogP contribution is 2.35. The summed E-state index contributed by atoms with van der Waals surface area (Å²) >= 11 is 0. The number of carbonyl (C=O) groups is 2. The second kappa shape index (κ2) is 16.0. The molecule has 0 saturated carbocycles. The first-order chi connectivity index (χ1) is 20.8. The molecule has 2 saturated heterocycles. The van der Waals surface area contributed by atoms with Gasteiger partial charge in [-0.05, 0) is 88.4 Å². The van der Waals surface area contributed by atoms with E-state index >= 15 is 0 Å². The summed E-state index contributed by atoms with van der Waals surface area (Å²) in [7, 11) is 0. The Morgan fingerprint density at radius 3 is 2.47 bits per heavy atom. The standard InChI is InChI=1S/C35H50N4O4/c1-5-19-38-24-27(4)39(25-26(38)3)34(29-12-10-14-32(40)23-29)28-11-9-13-30(22-28)35(42)37-20-16-31(17-21-37)36-18-8-7-15-33(41)43-6-2/h5,9-14,22-23,26-27,31,34,36,40H,1,6-8,15-21,24-25H2,2-4H3/t26-,27+,34-/m1/s1. The van der Waals surface area contributed by atoms with Crippen LogP contribution in [0.1, 0.15) is 80.4 Å². The summed E-state index contributed by atoms with van der Waals surface area (Å²) in [6.07, 6.45) is 6.03. The molecule has 2 fully saturated rings. The quantitative estimate of drug-likeness (QED) is 0.193. The molecule has 8 heteroatoms. The molecule has 2 N–H and O–H groups in total. The number of nitrogens with zero attached hydrogens (tertiary/aromatic N) is 3. The van der Waals surface area contributed by atoms with Gasteiger partial charge in [0.05, 0.1) is 12.6 Å². The molecule has 0 radical (unpaired) electrons. The average Bonchev–Trinajstić information content (AvgIpc) is 3.00. The van der Waals surface area contributed by atoms with Crippen LogP contribution in [0, 0.1) is 0 Å². The monoisotopic (exact) mass is 590 g/mol. The highest BCUT2D eigenvalue weighted by Gasteiger charge is 2.35. The van der Waals surface area contributed by atoms with E-state index in [4.69, 9.17) is 4.74 Å². The molecule has 0 unspecified atom stereocenters. The molecule has 2 aliphatic rings. The molecule has 2 aromatic carbocycles. The number of carbonyl (C=O) groups excluding carboxylic acids is 2. The third-order valence-corrected chi connectivity index (χ3v) is 8.82. The van der Waals surface area contributed by atoms with Crippen LogP contribution in [0.25, 0.3) is 0 Å². The number of benzene rings is 2. The maximum absolute atomic E-state index is 13.7. The lowest BCUT2D eigenvalue weighted by atomic mass is 9.92. The molecule has 0 bridgehead atoms. The van der Waals surface area contributed by atoms with Crippen molar-refractivity contribution in [3.63, 3.8) is 0 Å². The molecule has 0 spiro atoms. The van der Waals surface area contributed by atoms with E-state index in [9.17, 15) is 14.7 Å². The number of phenolic OH excluding ortho intramolecular Hbond substituents is 1. The summed E-state index contributed by atoms with van der Waals surface area (Å²) < 4.78 is 4.99. The maximum Gasteiger partial charge on any atom is 0.305 e. The van der Waals surface area contributed by atoms with Gasteiger partial charge >= 0.3 is 5.97 Å². The number of unbranched alkanes of at least 4 members (excludes halogenated alkanes) is 1. The molecule has 0 aliphatic carbocycles. The van der Waals surface area contributed by atoms with E-state index in [0.29, 0.717) is 30.7 Å². The number of rotatable bonds is 13. The summed E-state index contributed by atoms with van der Waals surface area (Å²) in [5.74, 6) is 0.194. The molecule has 2 aromatic rings. The van der Waals surface area contributed by atoms with Crippen molar-refractivity contribution in [2.45, 2.75) is 77.0 Å². The number of ether oxygens (including phenoxy) is 1. The molecular formula is C35H50N4O4. The number of piperazine rings is 1. The highest BCUT2D eigenvalue weighted by molar-refractivity contribution is 5.94. The van der Waals surface area contributed by atoms with E-state index in [1.807, 2.05) is 42.2 Å². The van der Waals surface area contributed by atoms with Crippen LogP contribution in [0.4, 0.5) is 0 Å². The second-order valence-corrected chi connectivity index (χ2v) is 12.0. The number of phenols is 1. The number of esters is 1. The topological polar surface area (TPSA) is 85.4 Å². The van der Waals surface area contributed by atoms with Gasteiger partial charge in [0.15, 0.2) is 0 Å². The molecule has 8 nitrogen and oxygen atoms in total. The van der Waals surface area contributed by atoms with Gasteiger partial charge in [0.25, 0.3) is 5.91 Å². The second-order valence-electron chi connectivity index (χ2n) is 12.0. The van der Waals surface area contributed by atoms with Gasteiger partial charge in [-0.1, -0.05) is 30.3 Å². The van der Waals surface area contributed by atoms with Gasteiger partial charge in [-0.25, -0.2) is 0 Å². The first-order valence-electron chi connectivity index (χ1n) is 16.0. The molecule has 2 aliphatic heterocycles. The van der Waals surface area contributed by atoms with Gasteiger partial charge in [-0.15, -0.1) is 6.58 Å². The molecule has 0 aromatic heterocycles. The van der Waals surface area contributed by atoms with Crippen LogP contribution in [0.15, 0.2) is 61.2 Å². The molecule has 3 atom stereocenters. The Hall–Kier alpha value is -3.20. The number of nitrogens with one attached hydrogen (secondary N) is 1. The number of amides is 1. The third-order valence-electron chi connectivity index (χ3n) is 8.82. The summed E-state index contributed by atoms with van der Waals surface area (Å²) in [4.78, 5) is 32.1. The molecule has 43 heavy (non-hydrogen) atoms. The number of hydrogen-bond acceptors (Lipinski definition) is 7. The van der Waals surface area contributed by atoms with Crippen LogP contribution in [0.5, 0.6) is 5.75 Å². The first-order valence-corrected chi connectivity index (χ1v) is 16.0. The van der Waals surface area contributed by atoms with E-state index in [0.717, 1.165) is 76.1 Å². The highest BCUT2D eigenvalue weighted by atomic mass is 16.5. The lowest BCUT2D eigenvalue weighted by Gasteiger charge is -2.47. The summed E-state index contributed by atoms with van der Waals surface area (Å²) in [6.45, 7) is 15.7. The minimum Gasteiger partial charge on any atom is -0.508 e. The fourth-order valence-corrected chi connectivity index (χ4v) is 6.52. The predicted octanol–water partition coefficient (Wildman–Crippen LogP) is 4.99. The van der Waals surface area contributed by atoms with E-state index in [-0.39, 0.29) is 29.7 Å². The molecule has 234 valence electrons. The zero-order valence-corrected chi connectivity index (χ0v) is 26.2. The fraction of sp³-hybridized carbons (Fsp3) is 0.543. The number of aromatic hydroxyl groups is 1. The normalized spacial score (nSPS) is 21.0. The maximum atomic E-state index is 13.7. The van der Waals surface area contributed by atoms with Gasteiger partial charge in [-0.2, -0.15) is 0 Å². The van der Waals surface area contributed by atoms with E-state index in [2.05, 4.69) is 53.7 Å². The van der Waals surface area contributed by atoms with E-state index in [1.54, 1.807) is 6.07 Å². The average molecular weight is 591 g/mol. The smallest absolute Gasteiger partial charge is 0.305 e. The molecular weight excluding hydrogens is 540 g/mol. The Morgan fingerprint density at radius 1 is 1.05 bits per heavy atom. The summed E-state index contributed by atoms with van der Waals surface area (Å²) in [5, 5.41) is 14.0. The fourth-order valence-electron chi connectivity index (χ4n) is 6.52. The van der Waals surface area contributed by atoms with Gasteiger partial charge < -0.3 is 20.1 Å². The van der Waals surface area contributed by atoms with Crippen molar-refractivity contribution in [1.82, 2.24) is 20.0 Å². The van der Waals surface area contributed by atoms with Crippen molar-refractivity contribution in [2.75, 3.05) is 45.9 Å². The van der Waals surface area contributed by atoms with Crippen LogP contribution in [0.3, 0.4) is 0 Å². The molecule has 4 rings (SSSR count). The van der Waals surface area contributed by atoms with Gasteiger partial charge in [0, 0.05) is 62.8 Å². The minimum absolute atomic E-state index is 0.0709. The van der Waals surface area contributed by atoms with Crippen LogP contribution in [0.2, 0.25) is 0 Å². The Morgan fingerprint density at radius 2 is 1.77 bits per heavy atom. The zero-order valence-electron chi connectivity index (χ0n) is 26.2. The Bertz CT molecular complexity index is 1210. The Kier molecular flexibility index (Phi) is 12.2. The van der Waals surface area contributed by atoms with E-state index < -0.39 is 0 Å². The van der Waals surface area contributed by atoms with Gasteiger partial charge in [-0.3, -0.25) is 19.4 Å². The summed E-state index contributed by atoms with van der Waals surface area (Å²) in [6, 6.07) is 16.5. The van der Waals surface area contributed by atoms with Gasteiger partial charge in [0.2, 0.25) is 0 Å². The molecule has 2 heterocycles. The molecule has 1 amide bonds. The van der Waals surface area contributed by atoms with Crippen molar-refractivity contribution < 1.29 is 19.4 Å². The zero-order chi connectivity index (χ0) is 30.8. The van der Waals surface area contributed by atoms with Crippen molar-refractivity contribution in [2.24, 2.45) is 0 Å². The van der Waals surface area contributed by atoms with Crippen LogP contribution in [-0.2, 0) is 9.53 Å². The van der Waals surface area contributed by atoms with Crippen molar-refractivity contribution in [3.05, 3.63) is 77.9 Å². The predicted molar refractivity (Wildman–Crippen MR) is 171 cm³/mol. The van der Waals surface area contributed by atoms with Crippen LogP contribution >= 0.6 is 0 Å².